The molecule has 2 aromatic carbocycles. The number of carbonyl (C=O) groups excluding carboxylic acids is 1. The van der Waals surface area contributed by atoms with Crippen LogP contribution in [0.2, 0.25) is 0 Å². The smallest absolute Gasteiger partial charge is 0.227 e. The standard InChI is InChI=1S/C21H25N3OS/c1-14-9-10-17(12-15(14)2)16(3)22-21(26)23-18-6-4-7-19(13-18)24-11-5-8-20(24)25/h4,6-7,9-10,12-13,16H,5,8,11H2,1-3H3,(H2,22,23,26)/t16-/m1/s1. The van der Waals surface area contributed by atoms with E-state index in [4.69, 9.17) is 12.2 Å². The van der Waals surface area contributed by atoms with Crippen LogP contribution in [0.5, 0.6) is 0 Å². The maximum absolute atomic E-state index is 11.9. The molecule has 26 heavy (non-hydrogen) atoms. The van der Waals surface area contributed by atoms with Crippen LogP contribution in [0.25, 0.3) is 0 Å². The van der Waals surface area contributed by atoms with Gasteiger partial charge in [0.2, 0.25) is 5.91 Å². The van der Waals surface area contributed by atoms with Gasteiger partial charge in [-0.3, -0.25) is 4.79 Å². The van der Waals surface area contributed by atoms with Crippen molar-refractivity contribution in [2.45, 2.75) is 39.7 Å². The third kappa shape index (κ3) is 4.22. The summed E-state index contributed by atoms with van der Waals surface area (Å²) in [7, 11) is 0. The molecule has 0 aliphatic carbocycles. The average molecular weight is 368 g/mol. The lowest BCUT2D eigenvalue weighted by Gasteiger charge is -2.20. The molecule has 0 unspecified atom stereocenters. The van der Waals surface area contributed by atoms with Gasteiger partial charge in [0.05, 0.1) is 6.04 Å². The van der Waals surface area contributed by atoms with E-state index in [0.717, 1.165) is 24.3 Å². The lowest BCUT2D eigenvalue weighted by atomic mass is 10.0. The van der Waals surface area contributed by atoms with Gasteiger partial charge in [0.1, 0.15) is 0 Å². The van der Waals surface area contributed by atoms with Crippen molar-refractivity contribution in [2.24, 2.45) is 0 Å². The van der Waals surface area contributed by atoms with Crippen molar-refractivity contribution in [2.75, 3.05) is 16.8 Å². The molecule has 0 spiro atoms. The van der Waals surface area contributed by atoms with Crippen LogP contribution in [-0.2, 0) is 4.79 Å². The van der Waals surface area contributed by atoms with Crippen molar-refractivity contribution >= 4 is 34.6 Å². The highest BCUT2D eigenvalue weighted by molar-refractivity contribution is 7.80. The van der Waals surface area contributed by atoms with Crippen LogP contribution in [0, 0.1) is 13.8 Å². The van der Waals surface area contributed by atoms with E-state index >= 15 is 0 Å². The zero-order chi connectivity index (χ0) is 18.7. The van der Waals surface area contributed by atoms with E-state index in [1.807, 2.05) is 29.2 Å². The number of thiocarbonyl (C=S) groups is 1. The average Bonchev–Trinajstić information content (AvgIpc) is 3.03. The Balaban J connectivity index is 1.64. The van der Waals surface area contributed by atoms with Crippen LogP contribution < -0.4 is 15.5 Å². The molecule has 1 atom stereocenters. The molecule has 3 rings (SSSR count). The number of benzene rings is 2. The Kier molecular flexibility index (Phi) is 5.57. The first-order valence-electron chi connectivity index (χ1n) is 8.99. The first kappa shape index (κ1) is 18.4. The summed E-state index contributed by atoms with van der Waals surface area (Å²) in [6.07, 6.45) is 1.55. The van der Waals surface area contributed by atoms with Gasteiger partial charge in [0.25, 0.3) is 0 Å². The minimum Gasteiger partial charge on any atom is -0.356 e. The molecule has 1 saturated heterocycles. The van der Waals surface area contributed by atoms with Crippen LogP contribution in [0.4, 0.5) is 11.4 Å². The fraction of sp³-hybridized carbons (Fsp3) is 0.333. The SMILES string of the molecule is Cc1ccc([C@@H](C)NC(=S)Nc2cccc(N3CCCC3=O)c2)cc1C. The summed E-state index contributed by atoms with van der Waals surface area (Å²) in [6.45, 7) is 7.11. The topological polar surface area (TPSA) is 44.4 Å². The molecular weight excluding hydrogens is 342 g/mol. The Morgan fingerprint density at radius 2 is 1.96 bits per heavy atom. The summed E-state index contributed by atoms with van der Waals surface area (Å²) in [5.74, 6) is 0.186. The normalized spacial score (nSPS) is 15.0. The molecule has 1 aliphatic heterocycles. The van der Waals surface area contributed by atoms with Crippen molar-refractivity contribution in [3.63, 3.8) is 0 Å². The second-order valence-electron chi connectivity index (χ2n) is 6.86. The molecular formula is C21H25N3OS. The number of nitrogens with zero attached hydrogens (tertiary/aromatic N) is 1. The van der Waals surface area contributed by atoms with Crippen LogP contribution in [0.3, 0.4) is 0 Å². The molecule has 136 valence electrons. The number of rotatable bonds is 4. The maximum Gasteiger partial charge on any atom is 0.227 e. The molecule has 1 fully saturated rings. The van der Waals surface area contributed by atoms with Crippen molar-refractivity contribution < 1.29 is 4.79 Å². The molecule has 1 heterocycles. The molecule has 4 nitrogen and oxygen atoms in total. The molecule has 2 aromatic rings. The van der Waals surface area contributed by atoms with Crippen LogP contribution in [-0.4, -0.2) is 17.6 Å². The first-order chi connectivity index (χ1) is 12.4. The highest BCUT2D eigenvalue weighted by Gasteiger charge is 2.21. The van der Waals surface area contributed by atoms with Gasteiger partial charge >= 0.3 is 0 Å². The predicted octanol–water partition coefficient (Wildman–Crippen LogP) is 4.48. The van der Waals surface area contributed by atoms with Crippen LogP contribution in [0.15, 0.2) is 42.5 Å². The summed E-state index contributed by atoms with van der Waals surface area (Å²) >= 11 is 5.47. The van der Waals surface area contributed by atoms with Gasteiger partial charge in [-0.1, -0.05) is 24.3 Å². The lowest BCUT2D eigenvalue weighted by Crippen LogP contribution is -2.31. The number of amides is 1. The zero-order valence-electron chi connectivity index (χ0n) is 15.5. The van der Waals surface area contributed by atoms with Crippen molar-refractivity contribution in [3.8, 4) is 0 Å². The van der Waals surface area contributed by atoms with E-state index in [0.29, 0.717) is 11.5 Å². The fourth-order valence-electron chi connectivity index (χ4n) is 3.15. The molecule has 0 saturated carbocycles. The second-order valence-corrected chi connectivity index (χ2v) is 7.27. The first-order valence-corrected chi connectivity index (χ1v) is 9.40. The monoisotopic (exact) mass is 367 g/mol. The van der Waals surface area contributed by atoms with E-state index in [9.17, 15) is 4.79 Å². The Hall–Kier alpha value is -2.40. The zero-order valence-corrected chi connectivity index (χ0v) is 16.3. The summed E-state index contributed by atoms with van der Waals surface area (Å²) in [5.41, 5.74) is 5.57. The minimum atomic E-state index is 0.109. The lowest BCUT2D eigenvalue weighted by molar-refractivity contribution is -0.117. The van der Waals surface area contributed by atoms with Gasteiger partial charge < -0.3 is 15.5 Å². The van der Waals surface area contributed by atoms with Crippen molar-refractivity contribution in [1.82, 2.24) is 5.32 Å². The number of hydrogen-bond donors (Lipinski definition) is 2. The summed E-state index contributed by atoms with van der Waals surface area (Å²) in [4.78, 5) is 13.8. The quantitative estimate of drug-likeness (QED) is 0.782. The Morgan fingerprint density at radius 1 is 1.15 bits per heavy atom. The van der Waals surface area contributed by atoms with E-state index < -0.39 is 0 Å². The highest BCUT2D eigenvalue weighted by atomic mass is 32.1. The van der Waals surface area contributed by atoms with Crippen LogP contribution >= 0.6 is 12.2 Å². The summed E-state index contributed by atoms with van der Waals surface area (Å²) in [6, 6.07) is 14.4. The van der Waals surface area contributed by atoms with Gasteiger partial charge in [-0.25, -0.2) is 0 Å². The second kappa shape index (κ2) is 7.87. The predicted molar refractivity (Wildman–Crippen MR) is 112 cm³/mol. The van der Waals surface area contributed by atoms with Crippen LogP contribution in [0.1, 0.15) is 42.5 Å². The fourth-order valence-corrected chi connectivity index (χ4v) is 3.45. The van der Waals surface area contributed by atoms with E-state index in [-0.39, 0.29) is 11.9 Å². The number of anilines is 2. The third-order valence-corrected chi connectivity index (χ3v) is 5.09. The molecule has 1 amide bonds. The molecule has 0 radical (unpaired) electrons. The number of nitrogens with one attached hydrogen (secondary N) is 2. The minimum absolute atomic E-state index is 0.109. The van der Waals surface area contributed by atoms with Crippen molar-refractivity contribution in [1.29, 1.82) is 0 Å². The van der Waals surface area contributed by atoms with E-state index in [2.05, 4.69) is 49.6 Å². The van der Waals surface area contributed by atoms with Gasteiger partial charge in [0.15, 0.2) is 5.11 Å². The molecule has 0 bridgehead atoms. The molecule has 0 aromatic heterocycles. The molecule has 5 heteroatoms. The molecule has 2 N–H and O–H groups in total. The largest absolute Gasteiger partial charge is 0.356 e. The highest BCUT2D eigenvalue weighted by Crippen LogP contribution is 2.24. The van der Waals surface area contributed by atoms with Gasteiger partial charge in [-0.15, -0.1) is 0 Å². The van der Waals surface area contributed by atoms with E-state index in [1.54, 1.807) is 0 Å². The van der Waals surface area contributed by atoms with Gasteiger partial charge in [-0.2, -0.15) is 0 Å². The van der Waals surface area contributed by atoms with Gasteiger partial charge in [0, 0.05) is 24.3 Å². The number of carbonyl (C=O) groups is 1. The van der Waals surface area contributed by atoms with Crippen molar-refractivity contribution in [3.05, 3.63) is 59.2 Å². The molecule has 1 aliphatic rings. The summed E-state index contributed by atoms with van der Waals surface area (Å²) < 4.78 is 0. The Morgan fingerprint density at radius 3 is 2.65 bits per heavy atom. The number of aryl methyl sites for hydroxylation is 2. The number of hydrogen-bond acceptors (Lipinski definition) is 2. The van der Waals surface area contributed by atoms with E-state index in [1.165, 1.54) is 16.7 Å². The Labute approximate surface area is 160 Å². The maximum atomic E-state index is 11.9. The third-order valence-electron chi connectivity index (χ3n) is 4.87. The van der Waals surface area contributed by atoms with Gasteiger partial charge in [-0.05, 0) is 74.3 Å². The Bertz CT molecular complexity index is 834. The summed E-state index contributed by atoms with van der Waals surface area (Å²) in [5, 5.41) is 7.13.